The molecule has 140 valence electrons. The molecule has 3 rings (SSSR count). The molecule has 0 aliphatic heterocycles. The number of nitrogens with zero attached hydrogens (tertiary/aromatic N) is 1. The molecule has 1 N–H and O–H groups in total. The second kappa shape index (κ2) is 7.50. The first-order valence-electron chi connectivity index (χ1n) is 7.93. The molecule has 0 amide bonds. The molecule has 8 heteroatoms. The fourth-order valence-electron chi connectivity index (χ4n) is 2.54. The monoisotopic (exact) mass is 392 g/mol. The first kappa shape index (κ1) is 19.1. The fourth-order valence-corrected chi connectivity index (χ4v) is 3.74. The van der Waals surface area contributed by atoms with E-state index in [0.717, 1.165) is 24.3 Å². The van der Waals surface area contributed by atoms with Crippen molar-refractivity contribution in [1.29, 1.82) is 0 Å². The van der Waals surface area contributed by atoms with Gasteiger partial charge in [0.05, 0.1) is 22.2 Å². The van der Waals surface area contributed by atoms with Crippen molar-refractivity contribution in [2.24, 2.45) is 0 Å². The van der Waals surface area contributed by atoms with E-state index in [2.05, 4.69) is 9.71 Å². The van der Waals surface area contributed by atoms with Gasteiger partial charge in [-0.15, -0.1) is 0 Å². The lowest BCUT2D eigenvalue weighted by molar-refractivity contribution is -0.137. The van der Waals surface area contributed by atoms with E-state index in [4.69, 9.17) is 0 Å². The van der Waals surface area contributed by atoms with Crippen LogP contribution in [0.15, 0.2) is 83.9 Å². The second-order valence-corrected chi connectivity index (χ2v) is 7.46. The fraction of sp³-hybridized carbons (Fsp3) is 0.105. The zero-order valence-electron chi connectivity index (χ0n) is 13.9. The van der Waals surface area contributed by atoms with E-state index in [1.54, 1.807) is 48.5 Å². The summed E-state index contributed by atoms with van der Waals surface area (Å²) in [5, 5.41) is 0. The van der Waals surface area contributed by atoms with Crippen molar-refractivity contribution in [3.05, 3.63) is 95.8 Å². The molecule has 0 aliphatic rings. The molecular weight excluding hydrogens is 377 g/mol. The molecule has 0 saturated heterocycles. The van der Waals surface area contributed by atoms with Crippen LogP contribution in [0.2, 0.25) is 0 Å². The Hall–Kier alpha value is -2.71. The first-order valence-corrected chi connectivity index (χ1v) is 9.41. The molecular formula is C19H15F3N2O2S. The van der Waals surface area contributed by atoms with Crippen LogP contribution < -0.4 is 4.72 Å². The largest absolute Gasteiger partial charge is 0.416 e. The number of sulfonamides is 1. The molecule has 4 nitrogen and oxygen atoms in total. The Labute approximate surface area is 154 Å². The third-order valence-corrected chi connectivity index (χ3v) is 5.32. The zero-order valence-corrected chi connectivity index (χ0v) is 14.7. The van der Waals surface area contributed by atoms with Crippen molar-refractivity contribution >= 4 is 10.0 Å². The van der Waals surface area contributed by atoms with Crippen molar-refractivity contribution in [2.75, 3.05) is 0 Å². The summed E-state index contributed by atoms with van der Waals surface area (Å²) in [7, 11) is -4.08. The van der Waals surface area contributed by atoms with E-state index < -0.39 is 27.8 Å². The van der Waals surface area contributed by atoms with Gasteiger partial charge in [0, 0.05) is 6.20 Å². The van der Waals surface area contributed by atoms with Crippen LogP contribution in [0.25, 0.3) is 0 Å². The summed E-state index contributed by atoms with van der Waals surface area (Å²) >= 11 is 0. The van der Waals surface area contributed by atoms with Crippen molar-refractivity contribution < 1.29 is 21.6 Å². The third kappa shape index (κ3) is 4.53. The standard InChI is InChI=1S/C19H15F3N2O2S/c20-19(21,22)15-9-11-16(12-10-15)27(25,26)24-18(14-6-2-1-3-7-14)17-8-4-5-13-23-17/h1-13,18,24H. The third-order valence-electron chi connectivity index (χ3n) is 3.88. The Balaban J connectivity index is 1.95. The van der Waals surface area contributed by atoms with Gasteiger partial charge < -0.3 is 0 Å². The number of halogens is 3. The van der Waals surface area contributed by atoms with Gasteiger partial charge in [-0.1, -0.05) is 36.4 Å². The highest BCUT2D eigenvalue weighted by atomic mass is 32.2. The highest BCUT2D eigenvalue weighted by Crippen LogP contribution is 2.30. The summed E-state index contributed by atoms with van der Waals surface area (Å²) in [6.07, 6.45) is -2.99. The lowest BCUT2D eigenvalue weighted by Crippen LogP contribution is -2.30. The number of aromatic nitrogens is 1. The van der Waals surface area contributed by atoms with Crippen molar-refractivity contribution in [3.63, 3.8) is 0 Å². The quantitative estimate of drug-likeness (QED) is 0.709. The number of hydrogen-bond donors (Lipinski definition) is 1. The van der Waals surface area contributed by atoms with Crippen LogP contribution in [-0.4, -0.2) is 13.4 Å². The summed E-state index contributed by atoms with van der Waals surface area (Å²) in [4.78, 5) is 3.95. The van der Waals surface area contributed by atoms with Crippen molar-refractivity contribution in [2.45, 2.75) is 17.1 Å². The minimum absolute atomic E-state index is 0.257. The maximum absolute atomic E-state index is 12.7. The molecule has 1 unspecified atom stereocenters. The smallest absolute Gasteiger partial charge is 0.259 e. The highest BCUT2D eigenvalue weighted by Gasteiger charge is 2.31. The summed E-state index contributed by atoms with van der Waals surface area (Å²) in [6.45, 7) is 0. The van der Waals surface area contributed by atoms with Gasteiger partial charge in [-0.05, 0) is 42.0 Å². The number of rotatable bonds is 5. The number of hydrogen-bond acceptors (Lipinski definition) is 3. The van der Waals surface area contributed by atoms with Crippen molar-refractivity contribution in [1.82, 2.24) is 9.71 Å². The second-order valence-electron chi connectivity index (χ2n) is 5.74. The summed E-state index contributed by atoms with van der Waals surface area (Å²) in [6, 6.07) is 16.5. The van der Waals surface area contributed by atoms with E-state index in [-0.39, 0.29) is 4.90 Å². The number of alkyl halides is 3. The van der Waals surface area contributed by atoms with Gasteiger partial charge in [-0.25, -0.2) is 8.42 Å². The predicted molar refractivity (Wildman–Crippen MR) is 94.3 cm³/mol. The lowest BCUT2D eigenvalue weighted by Gasteiger charge is -2.19. The van der Waals surface area contributed by atoms with Crippen LogP contribution in [0.1, 0.15) is 22.9 Å². The van der Waals surface area contributed by atoms with E-state index in [9.17, 15) is 21.6 Å². The van der Waals surface area contributed by atoms with E-state index >= 15 is 0 Å². The number of pyridine rings is 1. The first-order chi connectivity index (χ1) is 12.8. The van der Waals surface area contributed by atoms with E-state index in [1.807, 2.05) is 0 Å². The molecule has 27 heavy (non-hydrogen) atoms. The maximum atomic E-state index is 12.7. The van der Waals surface area contributed by atoms with Crippen LogP contribution in [0, 0.1) is 0 Å². The normalized spacial score (nSPS) is 13.3. The van der Waals surface area contributed by atoms with E-state index in [1.165, 1.54) is 6.20 Å². The van der Waals surface area contributed by atoms with Crippen LogP contribution in [0.5, 0.6) is 0 Å². The highest BCUT2D eigenvalue weighted by molar-refractivity contribution is 7.89. The SMILES string of the molecule is O=S(=O)(NC(c1ccccc1)c1ccccn1)c1ccc(C(F)(F)F)cc1. The van der Waals surface area contributed by atoms with Gasteiger partial charge in [0.1, 0.15) is 0 Å². The average Bonchev–Trinajstić information content (AvgIpc) is 2.67. The van der Waals surface area contributed by atoms with Crippen LogP contribution in [0.3, 0.4) is 0 Å². The summed E-state index contributed by atoms with van der Waals surface area (Å²) < 4.78 is 66.1. The molecule has 0 aliphatic carbocycles. The van der Waals surface area contributed by atoms with Crippen LogP contribution in [0.4, 0.5) is 13.2 Å². The molecule has 0 fully saturated rings. The molecule has 0 saturated carbocycles. The summed E-state index contributed by atoms with van der Waals surface area (Å²) in [5.41, 5.74) is 0.219. The van der Waals surface area contributed by atoms with Gasteiger partial charge in [-0.2, -0.15) is 17.9 Å². The molecule has 3 aromatic rings. The zero-order chi connectivity index (χ0) is 19.5. The minimum Gasteiger partial charge on any atom is -0.259 e. The minimum atomic E-state index is -4.53. The van der Waals surface area contributed by atoms with E-state index in [0.29, 0.717) is 11.3 Å². The molecule has 2 aromatic carbocycles. The Morgan fingerprint density at radius 1 is 0.852 bits per heavy atom. The Morgan fingerprint density at radius 3 is 2.04 bits per heavy atom. The number of benzene rings is 2. The van der Waals surface area contributed by atoms with Crippen LogP contribution in [-0.2, 0) is 16.2 Å². The predicted octanol–water partition coefficient (Wildman–Crippen LogP) is 4.17. The summed E-state index contributed by atoms with van der Waals surface area (Å²) in [5.74, 6) is 0. The van der Waals surface area contributed by atoms with Gasteiger partial charge in [0.2, 0.25) is 10.0 Å². The maximum Gasteiger partial charge on any atom is 0.416 e. The van der Waals surface area contributed by atoms with Gasteiger partial charge in [0.25, 0.3) is 0 Å². The lowest BCUT2D eigenvalue weighted by atomic mass is 10.0. The number of nitrogens with one attached hydrogen (secondary N) is 1. The molecule has 1 atom stereocenters. The van der Waals surface area contributed by atoms with Crippen LogP contribution >= 0.6 is 0 Å². The van der Waals surface area contributed by atoms with Crippen molar-refractivity contribution in [3.8, 4) is 0 Å². The molecule has 0 spiro atoms. The van der Waals surface area contributed by atoms with Gasteiger partial charge in [0.15, 0.2) is 0 Å². The van der Waals surface area contributed by atoms with Gasteiger partial charge in [-0.3, -0.25) is 4.98 Å². The molecule has 0 radical (unpaired) electrons. The average molecular weight is 392 g/mol. The Morgan fingerprint density at radius 2 is 1.48 bits per heavy atom. The molecule has 1 aromatic heterocycles. The molecule has 1 heterocycles. The Kier molecular flexibility index (Phi) is 5.29. The van der Waals surface area contributed by atoms with Gasteiger partial charge >= 0.3 is 6.18 Å². The topological polar surface area (TPSA) is 59.1 Å². The molecule has 0 bridgehead atoms. The Bertz CT molecular complexity index is 951.